The van der Waals surface area contributed by atoms with Crippen LogP contribution in [0.3, 0.4) is 0 Å². The van der Waals surface area contributed by atoms with Crippen molar-refractivity contribution >= 4 is 17.5 Å². The van der Waals surface area contributed by atoms with E-state index in [0.29, 0.717) is 5.69 Å². The summed E-state index contributed by atoms with van der Waals surface area (Å²) in [5.74, 6) is -1.35. The number of benzene rings is 1. The number of anilines is 1. The van der Waals surface area contributed by atoms with Crippen molar-refractivity contribution in [2.75, 3.05) is 18.4 Å². The van der Waals surface area contributed by atoms with Gasteiger partial charge in [-0.05, 0) is 24.3 Å². The Balaban J connectivity index is 2.38. The first-order valence-corrected chi connectivity index (χ1v) is 5.56. The molecule has 0 aliphatic heterocycles. The molecule has 0 heterocycles. The lowest BCUT2D eigenvalue weighted by Gasteiger charge is -2.10. The van der Waals surface area contributed by atoms with Crippen LogP contribution in [0.1, 0.15) is 6.92 Å². The molecular formula is C12H16FN3O2. The molecule has 1 atom stereocenters. The van der Waals surface area contributed by atoms with E-state index in [2.05, 4.69) is 10.6 Å². The molecule has 1 rings (SSSR count). The minimum Gasteiger partial charge on any atom is -0.347 e. The molecule has 5 nitrogen and oxygen atoms in total. The van der Waals surface area contributed by atoms with Crippen LogP contribution in [0.2, 0.25) is 0 Å². The highest BCUT2D eigenvalue weighted by Gasteiger charge is 2.11. The Kier molecular flexibility index (Phi) is 5.26. The molecule has 0 spiro atoms. The lowest BCUT2D eigenvalue weighted by atomic mass is 10.2. The van der Waals surface area contributed by atoms with Crippen LogP contribution in [-0.4, -0.2) is 24.9 Å². The molecule has 0 aliphatic rings. The van der Waals surface area contributed by atoms with Crippen molar-refractivity contribution in [2.45, 2.75) is 6.92 Å². The van der Waals surface area contributed by atoms with Crippen LogP contribution in [0, 0.1) is 11.7 Å². The standard InChI is InChI=1S/C12H16FN3O2/c1-8(6-14)12(18)15-7-11(17)16-10-4-2-9(13)3-5-10/h2-5,8H,6-7,14H2,1H3,(H,15,18)(H,16,17). The van der Waals surface area contributed by atoms with Gasteiger partial charge in [-0.1, -0.05) is 6.92 Å². The van der Waals surface area contributed by atoms with E-state index >= 15 is 0 Å². The van der Waals surface area contributed by atoms with Crippen LogP contribution in [0.15, 0.2) is 24.3 Å². The maximum atomic E-state index is 12.6. The van der Waals surface area contributed by atoms with Gasteiger partial charge in [0.15, 0.2) is 0 Å². The summed E-state index contributed by atoms with van der Waals surface area (Å²) in [6, 6.07) is 5.37. The normalized spacial score (nSPS) is 11.7. The zero-order valence-corrected chi connectivity index (χ0v) is 10.1. The van der Waals surface area contributed by atoms with E-state index in [-0.39, 0.29) is 36.6 Å². The average molecular weight is 253 g/mol. The highest BCUT2D eigenvalue weighted by Crippen LogP contribution is 2.07. The minimum absolute atomic E-state index is 0.138. The summed E-state index contributed by atoms with van der Waals surface area (Å²) in [6.45, 7) is 1.76. The predicted octanol–water partition coefficient (Wildman–Crippen LogP) is 0.475. The van der Waals surface area contributed by atoms with Crippen molar-refractivity contribution in [3.63, 3.8) is 0 Å². The number of carbonyl (C=O) groups excluding carboxylic acids is 2. The first kappa shape index (κ1) is 14.1. The van der Waals surface area contributed by atoms with Crippen molar-refractivity contribution in [3.8, 4) is 0 Å². The van der Waals surface area contributed by atoms with Crippen molar-refractivity contribution in [3.05, 3.63) is 30.1 Å². The van der Waals surface area contributed by atoms with E-state index in [1.165, 1.54) is 24.3 Å². The van der Waals surface area contributed by atoms with Gasteiger partial charge in [-0.3, -0.25) is 9.59 Å². The molecule has 1 aromatic carbocycles. The highest BCUT2D eigenvalue weighted by molar-refractivity contribution is 5.94. The minimum atomic E-state index is -0.377. The topological polar surface area (TPSA) is 84.2 Å². The average Bonchev–Trinajstić information content (AvgIpc) is 2.37. The van der Waals surface area contributed by atoms with Crippen molar-refractivity contribution in [2.24, 2.45) is 11.7 Å². The lowest BCUT2D eigenvalue weighted by molar-refractivity contribution is -0.126. The number of nitrogens with two attached hydrogens (primary N) is 1. The van der Waals surface area contributed by atoms with E-state index < -0.39 is 0 Å². The summed E-state index contributed by atoms with van der Waals surface area (Å²) >= 11 is 0. The van der Waals surface area contributed by atoms with Crippen LogP contribution in [0.4, 0.5) is 10.1 Å². The summed E-state index contributed by atoms with van der Waals surface area (Å²) in [5, 5.41) is 4.99. The Morgan fingerprint density at radius 1 is 1.33 bits per heavy atom. The Labute approximate surface area is 105 Å². The lowest BCUT2D eigenvalue weighted by Crippen LogP contribution is -2.38. The Bertz CT molecular complexity index is 420. The van der Waals surface area contributed by atoms with Gasteiger partial charge in [0.25, 0.3) is 0 Å². The maximum absolute atomic E-state index is 12.6. The summed E-state index contributed by atoms with van der Waals surface area (Å²) in [4.78, 5) is 22.8. The quantitative estimate of drug-likeness (QED) is 0.713. The third kappa shape index (κ3) is 4.50. The van der Waals surface area contributed by atoms with Crippen LogP contribution < -0.4 is 16.4 Å². The zero-order valence-electron chi connectivity index (χ0n) is 10.1. The first-order valence-electron chi connectivity index (χ1n) is 5.56. The van der Waals surface area contributed by atoms with Gasteiger partial charge in [0.2, 0.25) is 11.8 Å². The van der Waals surface area contributed by atoms with E-state index in [0.717, 1.165) is 0 Å². The second-order valence-electron chi connectivity index (χ2n) is 3.91. The molecule has 18 heavy (non-hydrogen) atoms. The van der Waals surface area contributed by atoms with Crippen molar-refractivity contribution in [1.29, 1.82) is 0 Å². The Morgan fingerprint density at radius 3 is 2.50 bits per heavy atom. The van der Waals surface area contributed by atoms with Crippen LogP contribution in [0.5, 0.6) is 0 Å². The van der Waals surface area contributed by atoms with E-state index in [1.807, 2.05) is 0 Å². The summed E-state index contributed by atoms with van der Waals surface area (Å²) in [5.41, 5.74) is 5.79. The fourth-order valence-electron chi connectivity index (χ4n) is 1.19. The maximum Gasteiger partial charge on any atom is 0.243 e. The number of hydrogen-bond acceptors (Lipinski definition) is 3. The molecule has 2 amide bonds. The van der Waals surface area contributed by atoms with E-state index in [9.17, 15) is 14.0 Å². The smallest absolute Gasteiger partial charge is 0.243 e. The van der Waals surface area contributed by atoms with Crippen LogP contribution in [-0.2, 0) is 9.59 Å². The number of nitrogens with one attached hydrogen (secondary N) is 2. The number of halogens is 1. The number of amides is 2. The molecule has 6 heteroatoms. The molecule has 0 aromatic heterocycles. The first-order chi connectivity index (χ1) is 8.52. The molecule has 4 N–H and O–H groups in total. The third-order valence-electron chi connectivity index (χ3n) is 2.35. The SMILES string of the molecule is CC(CN)C(=O)NCC(=O)Nc1ccc(F)cc1. The molecule has 0 saturated heterocycles. The largest absolute Gasteiger partial charge is 0.347 e. The Hall–Kier alpha value is -1.95. The molecule has 0 aliphatic carbocycles. The van der Waals surface area contributed by atoms with Gasteiger partial charge in [0, 0.05) is 18.2 Å². The summed E-state index contributed by atoms with van der Waals surface area (Å²) in [6.07, 6.45) is 0. The fraction of sp³-hybridized carbons (Fsp3) is 0.333. The highest BCUT2D eigenvalue weighted by atomic mass is 19.1. The number of hydrogen-bond donors (Lipinski definition) is 3. The molecule has 1 aromatic rings. The second-order valence-corrected chi connectivity index (χ2v) is 3.91. The van der Waals surface area contributed by atoms with Crippen LogP contribution in [0.25, 0.3) is 0 Å². The monoisotopic (exact) mass is 253 g/mol. The fourth-order valence-corrected chi connectivity index (χ4v) is 1.19. The molecule has 0 saturated carbocycles. The number of carbonyl (C=O) groups is 2. The van der Waals surface area contributed by atoms with E-state index in [4.69, 9.17) is 5.73 Å². The predicted molar refractivity (Wildman–Crippen MR) is 66.3 cm³/mol. The molecule has 98 valence electrons. The van der Waals surface area contributed by atoms with Gasteiger partial charge < -0.3 is 16.4 Å². The van der Waals surface area contributed by atoms with Gasteiger partial charge in [-0.2, -0.15) is 0 Å². The van der Waals surface area contributed by atoms with Gasteiger partial charge in [-0.25, -0.2) is 4.39 Å². The molecular weight excluding hydrogens is 237 g/mol. The van der Waals surface area contributed by atoms with Gasteiger partial charge in [0.05, 0.1) is 6.54 Å². The summed E-state index contributed by atoms with van der Waals surface area (Å²) in [7, 11) is 0. The van der Waals surface area contributed by atoms with E-state index in [1.54, 1.807) is 6.92 Å². The molecule has 0 fully saturated rings. The molecule has 1 unspecified atom stereocenters. The third-order valence-corrected chi connectivity index (χ3v) is 2.35. The number of rotatable bonds is 5. The Morgan fingerprint density at radius 2 is 1.94 bits per heavy atom. The molecule has 0 radical (unpaired) electrons. The zero-order chi connectivity index (χ0) is 13.5. The van der Waals surface area contributed by atoms with Crippen LogP contribution >= 0.6 is 0 Å². The van der Waals surface area contributed by atoms with Gasteiger partial charge in [-0.15, -0.1) is 0 Å². The summed E-state index contributed by atoms with van der Waals surface area (Å²) < 4.78 is 12.6. The van der Waals surface area contributed by atoms with Gasteiger partial charge in [0.1, 0.15) is 5.82 Å². The molecule has 0 bridgehead atoms. The van der Waals surface area contributed by atoms with Crippen molar-refractivity contribution in [1.82, 2.24) is 5.32 Å². The van der Waals surface area contributed by atoms with Crippen molar-refractivity contribution < 1.29 is 14.0 Å². The second kappa shape index (κ2) is 6.70. The van der Waals surface area contributed by atoms with Gasteiger partial charge >= 0.3 is 0 Å².